The maximum atomic E-state index is 13.2. The van der Waals surface area contributed by atoms with Gasteiger partial charge in [0.15, 0.2) is 0 Å². The number of fused-ring (bicyclic) bond motifs is 3. The topological polar surface area (TPSA) is 75.3 Å². The predicted octanol–water partition coefficient (Wildman–Crippen LogP) is 4.58. The number of nitrogens with zero attached hydrogens (tertiary/aromatic N) is 2. The number of amides is 1. The van der Waals surface area contributed by atoms with Gasteiger partial charge in [-0.25, -0.2) is 9.78 Å². The lowest BCUT2D eigenvalue weighted by Crippen LogP contribution is -2.36. The number of benzene rings is 2. The molecule has 0 unspecified atom stereocenters. The van der Waals surface area contributed by atoms with Gasteiger partial charge in [0.1, 0.15) is 10.7 Å². The van der Waals surface area contributed by atoms with E-state index >= 15 is 0 Å². The average molecular weight is 432 g/mol. The summed E-state index contributed by atoms with van der Waals surface area (Å²) in [7, 11) is 1.37. The van der Waals surface area contributed by atoms with Crippen LogP contribution in [0, 0.1) is 6.92 Å². The Balaban J connectivity index is 1.42. The van der Waals surface area contributed by atoms with E-state index in [2.05, 4.69) is 9.97 Å². The highest BCUT2D eigenvalue weighted by Crippen LogP contribution is 2.30. The number of methoxy groups -OCH3 is 1. The summed E-state index contributed by atoms with van der Waals surface area (Å²) in [6.07, 6.45) is 0.734. The van der Waals surface area contributed by atoms with Crippen LogP contribution in [-0.4, -0.2) is 40.4 Å². The van der Waals surface area contributed by atoms with Gasteiger partial charge in [0.05, 0.1) is 12.7 Å². The first-order valence-electron chi connectivity index (χ1n) is 10.1. The molecule has 156 valence electrons. The Morgan fingerprint density at radius 3 is 2.74 bits per heavy atom. The fraction of sp³-hybridized carbons (Fsp3) is 0.208. The maximum absolute atomic E-state index is 13.2. The average Bonchev–Trinajstić information content (AvgIpc) is 3.43. The Bertz CT molecular complexity index is 1300. The zero-order valence-electron chi connectivity index (χ0n) is 17.3. The smallest absolute Gasteiger partial charge is 0.337 e. The molecule has 1 aliphatic rings. The fourth-order valence-corrected chi connectivity index (χ4v) is 4.80. The van der Waals surface area contributed by atoms with Crippen LogP contribution in [0.5, 0.6) is 0 Å². The third-order valence-corrected chi connectivity index (χ3v) is 6.60. The second kappa shape index (κ2) is 7.67. The summed E-state index contributed by atoms with van der Waals surface area (Å²) >= 11 is 1.48. The van der Waals surface area contributed by atoms with Crippen LogP contribution >= 0.6 is 11.3 Å². The Hall–Kier alpha value is -3.45. The number of esters is 1. The highest BCUT2D eigenvalue weighted by molar-refractivity contribution is 7.13. The number of carbonyl (C=O) groups is 2. The summed E-state index contributed by atoms with van der Waals surface area (Å²) in [6.45, 7) is 3.15. The molecule has 0 bridgehead atoms. The molecule has 1 amide bonds. The molecule has 2 aromatic carbocycles. The van der Waals surface area contributed by atoms with Crippen molar-refractivity contribution in [3.8, 4) is 10.6 Å². The van der Waals surface area contributed by atoms with E-state index in [1.54, 1.807) is 6.07 Å². The fourth-order valence-electron chi connectivity index (χ4n) is 4.00. The molecule has 0 spiro atoms. The van der Waals surface area contributed by atoms with Crippen LogP contribution in [-0.2, 0) is 17.7 Å². The standard InChI is InChI=1S/C24H21N3O3S/c1-14-3-5-15(6-4-14)22-26-21(13-31-22)23(28)27-10-9-20-18(12-27)17-11-16(24(29)30-2)7-8-19(17)25-20/h3-8,11,13,25H,9-10,12H2,1-2H3. The first-order chi connectivity index (χ1) is 15.0. The molecule has 5 rings (SSSR count). The monoisotopic (exact) mass is 431 g/mol. The number of H-pyrrole nitrogens is 1. The van der Waals surface area contributed by atoms with E-state index < -0.39 is 0 Å². The zero-order valence-corrected chi connectivity index (χ0v) is 18.1. The van der Waals surface area contributed by atoms with Crippen molar-refractivity contribution in [1.82, 2.24) is 14.9 Å². The number of ether oxygens (including phenoxy) is 1. The number of thiazole rings is 1. The van der Waals surface area contributed by atoms with Gasteiger partial charge in [0.25, 0.3) is 5.91 Å². The quantitative estimate of drug-likeness (QED) is 0.482. The number of hydrogen-bond donors (Lipinski definition) is 1. The van der Waals surface area contributed by atoms with E-state index in [4.69, 9.17) is 4.74 Å². The molecule has 1 aliphatic heterocycles. The minimum absolute atomic E-state index is 0.0706. The molecular formula is C24H21N3O3S. The minimum atomic E-state index is -0.369. The summed E-state index contributed by atoms with van der Waals surface area (Å²) in [5, 5.41) is 3.63. The number of aryl methyl sites for hydroxylation is 1. The van der Waals surface area contributed by atoms with Crippen molar-refractivity contribution in [2.24, 2.45) is 0 Å². The van der Waals surface area contributed by atoms with Crippen molar-refractivity contribution in [1.29, 1.82) is 0 Å². The van der Waals surface area contributed by atoms with Gasteiger partial charge >= 0.3 is 5.97 Å². The van der Waals surface area contributed by atoms with Crippen molar-refractivity contribution in [2.45, 2.75) is 19.9 Å². The van der Waals surface area contributed by atoms with Gasteiger partial charge in [-0.3, -0.25) is 4.79 Å². The molecule has 0 aliphatic carbocycles. The van der Waals surface area contributed by atoms with Crippen molar-refractivity contribution in [2.75, 3.05) is 13.7 Å². The first-order valence-corrected chi connectivity index (χ1v) is 10.9. The number of aromatic amines is 1. The molecule has 6 nitrogen and oxygen atoms in total. The van der Waals surface area contributed by atoms with E-state index in [1.807, 2.05) is 53.6 Å². The second-order valence-corrected chi connectivity index (χ2v) is 8.57. The molecule has 0 radical (unpaired) electrons. The number of nitrogens with one attached hydrogen (secondary N) is 1. The van der Waals surface area contributed by atoms with Gasteiger partial charge < -0.3 is 14.6 Å². The highest BCUT2D eigenvalue weighted by Gasteiger charge is 2.26. The van der Waals surface area contributed by atoms with Crippen LogP contribution in [0.1, 0.15) is 37.7 Å². The molecule has 4 aromatic rings. The van der Waals surface area contributed by atoms with E-state index in [9.17, 15) is 9.59 Å². The molecule has 0 saturated carbocycles. The summed E-state index contributed by atoms with van der Waals surface area (Å²) in [5.74, 6) is -0.439. The molecule has 1 N–H and O–H groups in total. The summed E-state index contributed by atoms with van der Waals surface area (Å²) in [6, 6.07) is 13.6. The van der Waals surface area contributed by atoms with Gasteiger partial charge in [-0.05, 0) is 25.1 Å². The van der Waals surface area contributed by atoms with Gasteiger partial charge in [-0.1, -0.05) is 29.8 Å². The summed E-state index contributed by atoms with van der Waals surface area (Å²) in [5.41, 5.74) is 6.30. The summed E-state index contributed by atoms with van der Waals surface area (Å²) in [4.78, 5) is 35.0. The molecule has 2 aromatic heterocycles. The van der Waals surface area contributed by atoms with Crippen molar-refractivity contribution in [3.63, 3.8) is 0 Å². The lowest BCUT2D eigenvalue weighted by atomic mass is 10.0. The van der Waals surface area contributed by atoms with Gasteiger partial charge in [-0.2, -0.15) is 0 Å². The number of aromatic nitrogens is 2. The zero-order chi connectivity index (χ0) is 21.5. The van der Waals surface area contributed by atoms with Gasteiger partial charge in [-0.15, -0.1) is 11.3 Å². The molecule has 0 saturated heterocycles. The third-order valence-electron chi connectivity index (χ3n) is 5.71. The number of rotatable bonds is 3. The molecule has 0 fully saturated rings. The molecule has 0 atom stereocenters. The first kappa shape index (κ1) is 19.5. The Labute approximate surface area is 183 Å². The van der Waals surface area contributed by atoms with Gasteiger partial charge in [0.2, 0.25) is 0 Å². The van der Waals surface area contributed by atoms with E-state index in [0.717, 1.165) is 39.2 Å². The van der Waals surface area contributed by atoms with E-state index in [0.29, 0.717) is 24.3 Å². The van der Waals surface area contributed by atoms with Crippen molar-refractivity contribution in [3.05, 3.63) is 75.9 Å². The number of hydrogen-bond acceptors (Lipinski definition) is 5. The van der Waals surface area contributed by atoms with Crippen LogP contribution in [0.2, 0.25) is 0 Å². The largest absolute Gasteiger partial charge is 0.465 e. The third kappa shape index (κ3) is 3.51. The summed E-state index contributed by atoms with van der Waals surface area (Å²) < 4.78 is 4.85. The van der Waals surface area contributed by atoms with Crippen LogP contribution in [0.4, 0.5) is 0 Å². The van der Waals surface area contributed by atoms with Crippen molar-refractivity contribution < 1.29 is 14.3 Å². The molecule has 3 heterocycles. The van der Waals surface area contributed by atoms with E-state index in [-0.39, 0.29) is 11.9 Å². The van der Waals surface area contributed by atoms with Gasteiger partial charge in [0, 0.05) is 52.6 Å². The lowest BCUT2D eigenvalue weighted by molar-refractivity contribution is 0.0600. The van der Waals surface area contributed by atoms with E-state index in [1.165, 1.54) is 24.0 Å². The number of carbonyl (C=O) groups excluding carboxylic acids is 2. The van der Waals surface area contributed by atoms with Crippen molar-refractivity contribution >= 4 is 34.1 Å². The predicted molar refractivity (Wildman–Crippen MR) is 120 cm³/mol. The molecular weight excluding hydrogens is 410 g/mol. The minimum Gasteiger partial charge on any atom is -0.465 e. The lowest BCUT2D eigenvalue weighted by Gasteiger charge is -2.26. The Kier molecular flexibility index (Phi) is 4.82. The van der Waals surface area contributed by atoms with Crippen LogP contribution in [0.25, 0.3) is 21.5 Å². The second-order valence-electron chi connectivity index (χ2n) is 7.71. The maximum Gasteiger partial charge on any atom is 0.337 e. The Morgan fingerprint density at radius 1 is 1.16 bits per heavy atom. The normalized spacial score (nSPS) is 13.3. The highest BCUT2D eigenvalue weighted by atomic mass is 32.1. The van der Waals surface area contributed by atoms with Crippen LogP contribution in [0.15, 0.2) is 47.8 Å². The molecule has 7 heteroatoms. The van der Waals surface area contributed by atoms with Crippen LogP contribution < -0.4 is 0 Å². The SMILES string of the molecule is COC(=O)c1ccc2[nH]c3c(c2c1)CN(C(=O)c1csc(-c2ccc(C)cc2)n1)CC3. The molecule has 31 heavy (non-hydrogen) atoms. The Morgan fingerprint density at radius 2 is 1.97 bits per heavy atom. The van der Waals surface area contributed by atoms with Crippen LogP contribution in [0.3, 0.4) is 0 Å².